The SMILES string of the molecule is O=c1[nH]cnc(NCCC2CCCN2)c1I. The summed E-state index contributed by atoms with van der Waals surface area (Å²) >= 11 is 2.01. The average Bonchev–Trinajstić information content (AvgIpc) is 2.77. The molecule has 6 heteroatoms. The second kappa shape index (κ2) is 5.62. The van der Waals surface area contributed by atoms with Gasteiger partial charge in [0.1, 0.15) is 9.39 Å². The van der Waals surface area contributed by atoms with E-state index in [0.717, 1.165) is 19.5 Å². The van der Waals surface area contributed by atoms with Crippen molar-refractivity contribution in [1.29, 1.82) is 0 Å². The van der Waals surface area contributed by atoms with Crippen molar-refractivity contribution in [2.24, 2.45) is 0 Å². The number of hydrogen-bond acceptors (Lipinski definition) is 4. The van der Waals surface area contributed by atoms with Crippen LogP contribution in [0, 0.1) is 3.57 Å². The van der Waals surface area contributed by atoms with E-state index in [1.54, 1.807) is 0 Å². The Bertz CT molecular complexity index is 400. The van der Waals surface area contributed by atoms with Crippen molar-refractivity contribution in [3.63, 3.8) is 0 Å². The lowest BCUT2D eigenvalue weighted by atomic mass is 10.1. The first-order valence-corrected chi connectivity index (χ1v) is 6.55. The number of aromatic nitrogens is 2. The molecule has 0 radical (unpaired) electrons. The highest BCUT2D eigenvalue weighted by Crippen LogP contribution is 2.11. The lowest BCUT2D eigenvalue weighted by Gasteiger charge is -2.11. The van der Waals surface area contributed by atoms with E-state index in [1.807, 2.05) is 22.6 Å². The summed E-state index contributed by atoms with van der Waals surface area (Å²) in [5.74, 6) is 0.683. The van der Waals surface area contributed by atoms with Crippen molar-refractivity contribution >= 4 is 28.4 Å². The van der Waals surface area contributed by atoms with Crippen LogP contribution in [0.2, 0.25) is 0 Å². The third-order valence-electron chi connectivity index (χ3n) is 2.74. The summed E-state index contributed by atoms with van der Waals surface area (Å²) in [7, 11) is 0. The predicted octanol–water partition coefficient (Wildman–Crippen LogP) is 0.928. The zero-order valence-corrected chi connectivity index (χ0v) is 11.1. The predicted molar refractivity (Wildman–Crippen MR) is 71.7 cm³/mol. The number of aromatic amines is 1. The van der Waals surface area contributed by atoms with Gasteiger partial charge in [-0.15, -0.1) is 0 Å². The topological polar surface area (TPSA) is 69.8 Å². The molecule has 16 heavy (non-hydrogen) atoms. The van der Waals surface area contributed by atoms with E-state index in [9.17, 15) is 4.79 Å². The molecule has 1 aliphatic heterocycles. The van der Waals surface area contributed by atoms with Crippen LogP contribution in [0.1, 0.15) is 19.3 Å². The minimum atomic E-state index is -0.0860. The van der Waals surface area contributed by atoms with Crippen LogP contribution < -0.4 is 16.2 Å². The number of rotatable bonds is 4. The van der Waals surface area contributed by atoms with Crippen molar-refractivity contribution in [1.82, 2.24) is 15.3 Å². The van der Waals surface area contributed by atoms with Gasteiger partial charge in [-0.05, 0) is 48.4 Å². The average molecular weight is 334 g/mol. The fraction of sp³-hybridized carbons (Fsp3) is 0.600. The van der Waals surface area contributed by atoms with Crippen LogP contribution in [0.15, 0.2) is 11.1 Å². The first-order valence-electron chi connectivity index (χ1n) is 5.48. The Morgan fingerprint density at radius 3 is 3.25 bits per heavy atom. The summed E-state index contributed by atoms with van der Waals surface area (Å²) in [6, 6.07) is 0.618. The highest BCUT2D eigenvalue weighted by atomic mass is 127. The third kappa shape index (κ3) is 2.94. The summed E-state index contributed by atoms with van der Waals surface area (Å²) in [6.45, 7) is 1.98. The maximum atomic E-state index is 11.3. The number of hydrogen-bond donors (Lipinski definition) is 3. The van der Waals surface area contributed by atoms with Crippen molar-refractivity contribution in [3.8, 4) is 0 Å². The van der Waals surface area contributed by atoms with Gasteiger partial charge in [0.15, 0.2) is 0 Å². The van der Waals surface area contributed by atoms with Gasteiger partial charge in [0.2, 0.25) is 0 Å². The zero-order chi connectivity index (χ0) is 11.4. The second-order valence-corrected chi connectivity index (χ2v) is 4.98. The minimum absolute atomic E-state index is 0.0860. The van der Waals surface area contributed by atoms with E-state index in [4.69, 9.17) is 0 Å². The van der Waals surface area contributed by atoms with Gasteiger partial charge in [0.25, 0.3) is 5.56 Å². The minimum Gasteiger partial charge on any atom is -0.369 e. The molecule has 2 heterocycles. The molecular weight excluding hydrogens is 319 g/mol. The lowest BCUT2D eigenvalue weighted by Crippen LogP contribution is -2.25. The van der Waals surface area contributed by atoms with Crippen LogP contribution in [0.3, 0.4) is 0 Å². The Balaban J connectivity index is 1.84. The van der Waals surface area contributed by atoms with E-state index < -0.39 is 0 Å². The summed E-state index contributed by atoms with van der Waals surface area (Å²) in [5.41, 5.74) is -0.0860. The van der Waals surface area contributed by atoms with Gasteiger partial charge in [-0.1, -0.05) is 0 Å². The van der Waals surface area contributed by atoms with Gasteiger partial charge < -0.3 is 15.6 Å². The fourth-order valence-corrected chi connectivity index (χ4v) is 2.36. The largest absolute Gasteiger partial charge is 0.369 e. The van der Waals surface area contributed by atoms with Crippen LogP contribution in [-0.2, 0) is 0 Å². The smallest absolute Gasteiger partial charge is 0.266 e. The maximum Gasteiger partial charge on any atom is 0.266 e. The molecule has 3 N–H and O–H groups in total. The quantitative estimate of drug-likeness (QED) is 0.717. The van der Waals surface area contributed by atoms with Crippen molar-refractivity contribution in [2.45, 2.75) is 25.3 Å². The fourth-order valence-electron chi connectivity index (χ4n) is 1.87. The molecule has 0 aliphatic carbocycles. The standard InChI is InChI=1S/C10H15IN4O/c11-8-9(14-6-15-10(8)16)13-5-3-7-2-1-4-12-7/h6-7,12H,1-5H2,(H2,13,14,15,16). The van der Waals surface area contributed by atoms with Crippen LogP contribution in [0.4, 0.5) is 5.82 Å². The Hall–Kier alpha value is -0.630. The van der Waals surface area contributed by atoms with Crippen molar-refractivity contribution in [3.05, 3.63) is 20.3 Å². The molecule has 1 atom stereocenters. The molecule has 0 aromatic carbocycles. The second-order valence-electron chi connectivity index (χ2n) is 3.90. The third-order valence-corrected chi connectivity index (χ3v) is 3.74. The van der Waals surface area contributed by atoms with Gasteiger partial charge in [-0.25, -0.2) is 4.98 Å². The van der Waals surface area contributed by atoms with Crippen LogP contribution in [0.25, 0.3) is 0 Å². The molecule has 1 saturated heterocycles. The molecule has 0 spiro atoms. The molecule has 5 nitrogen and oxygen atoms in total. The van der Waals surface area contributed by atoms with Crippen LogP contribution in [-0.4, -0.2) is 29.1 Å². The molecule has 1 aliphatic rings. The molecule has 1 fully saturated rings. The first kappa shape index (κ1) is 11.8. The molecule has 0 amide bonds. The summed E-state index contributed by atoms with van der Waals surface area (Å²) in [5, 5.41) is 6.64. The molecule has 0 bridgehead atoms. The van der Waals surface area contributed by atoms with E-state index in [-0.39, 0.29) is 5.56 Å². The lowest BCUT2D eigenvalue weighted by molar-refractivity contribution is 0.574. The Labute approximate surface area is 108 Å². The molecule has 1 aromatic rings. The normalized spacial score (nSPS) is 19.9. The number of anilines is 1. The Morgan fingerprint density at radius 1 is 1.62 bits per heavy atom. The number of H-pyrrole nitrogens is 1. The zero-order valence-electron chi connectivity index (χ0n) is 8.92. The molecule has 1 unspecified atom stereocenters. The van der Waals surface area contributed by atoms with Gasteiger partial charge in [-0.3, -0.25) is 4.79 Å². The van der Waals surface area contributed by atoms with Gasteiger partial charge in [0, 0.05) is 12.6 Å². The van der Waals surface area contributed by atoms with E-state index >= 15 is 0 Å². The van der Waals surface area contributed by atoms with E-state index in [2.05, 4.69) is 20.6 Å². The number of nitrogens with zero attached hydrogens (tertiary/aromatic N) is 1. The van der Waals surface area contributed by atoms with Crippen LogP contribution >= 0.6 is 22.6 Å². The number of halogens is 1. The van der Waals surface area contributed by atoms with E-state index in [1.165, 1.54) is 19.2 Å². The summed E-state index contributed by atoms with van der Waals surface area (Å²) in [4.78, 5) is 18.0. The van der Waals surface area contributed by atoms with Gasteiger partial charge >= 0.3 is 0 Å². The Morgan fingerprint density at radius 2 is 2.50 bits per heavy atom. The summed E-state index contributed by atoms with van der Waals surface area (Å²) in [6.07, 6.45) is 5.03. The van der Waals surface area contributed by atoms with Gasteiger partial charge in [-0.2, -0.15) is 0 Å². The molecular formula is C10H15IN4O. The summed E-state index contributed by atoms with van der Waals surface area (Å²) < 4.78 is 0.625. The monoisotopic (exact) mass is 334 g/mol. The highest BCUT2D eigenvalue weighted by molar-refractivity contribution is 14.1. The number of nitrogens with one attached hydrogen (secondary N) is 3. The molecule has 0 saturated carbocycles. The van der Waals surface area contributed by atoms with Crippen LogP contribution in [0.5, 0.6) is 0 Å². The maximum absolute atomic E-state index is 11.3. The van der Waals surface area contributed by atoms with Gasteiger partial charge in [0.05, 0.1) is 6.33 Å². The molecule has 2 rings (SSSR count). The molecule has 1 aromatic heterocycles. The van der Waals surface area contributed by atoms with Crippen molar-refractivity contribution in [2.75, 3.05) is 18.4 Å². The van der Waals surface area contributed by atoms with Crippen molar-refractivity contribution < 1.29 is 0 Å². The van der Waals surface area contributed by atoms with E-state index in [0.29, 0.717) is 15.4 Å². The highest BCUT2D eigenvalue weighted by Gasteiger charge is 2.13. The first-order chi connectivity index (χ1) is 7.77. The molecule has 88 valence electrons. The Kier molecular flexibility index (Phi) is 4.16.